The molecule has 1 aromatic rings. The molecule has 0 aromatic heterocycles. The van der Waals surface area contributed by atoms with Crippen LogP contribution < -0.4 is 10.1 Å². The normalized spacial score (nSPS) is 29.1. The van der Waals surface area contributed by atoms with E-state index in [1.54, 1.807) is 11.1 Å². The molecular weight excluding hydrogens is 356 g/mol. The van der Waals surface area contributed by atoms with Crippen LogP contribution in [0.2, 0.25) is 0 Å². The van der Waals surface area contributed by atoms with Crippen LogP contribution in [0.15, 0.2) is 18.2 Å². The van der Waals surface area contributed by atoms with Gasteiger partial charge in [0.05, 0.1) is 7.11 Å². The first kappa shape index (κ1) is 21.2. The zero-order valence-corrected chi connectivity index (χ0v) is 19.2. The molecule has 29 heavy (non-hydrogen) atoms. The lowest BCUT2D eigenvalue weighted by molar-refractivity contribution is 0.0146. The predicted molar refractivity (Wildman–Crippen MR) is 122 cm³/mol. The maximum atomic E-state index is 5.64. The van der Waals surface area contributed by atoms with Crippen molar-refractivity contribution in [3.05, 3.63) is 29.3 Å². The summed E-state index contributed by atoms with van der Waals surface area (Å²) in [6.07, 6.45) is 9.39. The van der Waals surface area contributed by atoms with E-state index in [1.807, 2.05) is 7.11 Å². The van der Waals surface area contributed by atoms with Crippen LogP contribution in [-0.2, 0) is 11.8 Å². The van der Waals surface area contributed by atoms with Gasteiger partial charge in [0.25, 0.3) is 0 Å². The molecule has 162 valence electrons. The molecule has 0 amide bonds. The molecule has 0 spiro atoms. The van der Waals surface area contributed by atoms with Crippen LogP contribution in [0, 0.1) is 17.8 Å². The number of unbranched alkanes of at least 4 members (excludes halogenated alkanes) is 1. The summed E-state index contributed by atoms with van der Waals surface area (Å²) in [5.41, 5.74) is 3.54. The van der Waals surface area contributed by atoms with Crippen LogP contribution in [0.3, 0.4) is 0 Å². The molecule has 1 aromatic carbocycles. The van der Waals surface area contributed by atoms with Gasteiger partial charge in [-0.05, 0) is 99.2 Å². The average molecular weight is 399 g/mol. The summed E-state index contributed by atoms with van der Waals surface area (Å²) in [5.74, 6) is 3.49. The number of fused-ring (bicyclic) bond motifs is 4. The zero-order valence-electron chi connectivity index (χ0n) is 19.2. The first-order valence-electron chi connectivity index (χ1n) is 12.2. The lowest BCUT2D eigenvalue weighted by Crippen LogP contribution is -2.59. The standard InChI is InChI=1S/C26H42N2O/c1-19(2)17-27-13-6-5-11-26-12-14-28(18-21-7-8-21)25(20(26)3)15-22-9-10-23(29-4)16-24(22)26/h9-10,16,19-21,25,27H,5-8,11-15,17-18H2,1-4H3. The summed E-state index contributed by atoms with van der Waals surface area (Å²) in [5, 5.41) is 3.63. The van der Waals surface area contributed by atoms with Gasteiger partial charge in [0.15, 0.2) is 0 Å². The van der Waals surface area contributed by atoms with Crippen molar-refractivity contribution >= 4 is 0 Å². The van der Waals surface area contributed by atoms with E-state index in [0.717, 1.165) is 42.6 Å². The summed E-state index contributed by atoms with van der Waals surface area (Å²) < 4.78 is 5.64. The van der Waals surface area contributed by atoms with Gasteiger partial charge >= 0.3 is 0 Å². The Balaban J connectivity index is 1.51. The van der Waals surface area contributed by atoms with E-state index in [9.17, 15) is 0 Å². The van der Waals surface area contributed by atoms with Crippen molar-refractivity contribution in [2.75, 3.05) is 33.3 Å². The Bertz CT molecular complexity index is 683. The third-order valence-electron chi connectivity index (χ3n) is 8.01. The van der Waals surface area contributed by atoms with Crippen molar-refractivity contribution in [2.24, 2.45) is 17.8 Å². The molecule has 0 radical (unpaired) electrons. The molecule has 3 heteroatoms. The Kier molecular flexibility index (Phi) is 6.56. The number of methoxy groups -OCH3 is 1. The van der Waals surface area contributed by atoms with Gasteiger partial charge < -0.3 is 10.1 Å². The zero-order chi connectivity index (χ0) is 20.4. The fourth-order valence-corrected chi connectivity index (χ4v) is 6.08. The second-order valence-electron chi connectivity index (χ2n) is 10.5. The Labute approximate surface area is 178 Å². The van der Waals surface area contributed by atoms with E-state index in [-0.39, 0.29) is 0 Å². The third kappa shape index (κ3) is 4.51. The molecular formula is C26H42N2O. The molecule has 1 saturated carbocycles. The SMILES string of the molecule is COc1ccc2c(c1)C1(CCCCNCC(C)C)CCN(CC3CC3)C(C2)C1C. The summed E-state index contributed by atoms with van der Waals surface area (Å²) in [6, 6.07) is 7.66. The molecule has 3 aliphatic rings. The maximum Gasteiger partial charge on any atom is 0.119 e. The van der Waals surface area contributed by atoms with Crippen molar-refractivity contribution in [3.8, 4) is 5.75 Å². The van der Waals surface area contributed by atoms with Crippen LogP contribution in [-0.4, -0.2) is 44.2 Å². The highest BCUT2D eigenvalue weighted by Gasteiger charge is 2.51. The molecule has 1 saturated heterocycles. The van der Waals surface area contributed by atoms with Crippen molar-refractivity contribution in [1.82, 2.24) is 10.2 Å². The first-order valence-corrected chi connectivity index (χ1v) is 12.2. The number of nitrogens with zero attached hydrogens (tertiary/aromatic N) is 1. The Morgan fingerprint density at radius 1 is 1.24 bits per heavy atom. The van der Waals surface area contributed by atoms with E-state index >= 15 is 0 Å². The van der Waals surface area contributed by atoms with E-state index in [4.69, 9.17) is 4.74 Å². The quantitative estimate of drug-likeness (QED) is 0.560. The van der Waals surface area contributed by atoms with Gasteiger partial charge in [-0.3, -0.25) is 4.90 Å². The molecule has 2 fully saturated rings. The second-order valence-corrected chi connectivity index (χ2v) is 10.5. The van der Waals surface area contributed by atoms with E-state index < -0.39 is 0 Å². The summed E-state index contributed by atoms with van der Waals surface area (Å²) in [4.78, 5) is 2.86. The third-order valence-corrected chi connectivity index (χ3v) is 8.01. The van der Waals surface area contributed by atoms with Crippen LogP contribution in [0.5, 0.6) is 5.75 Å². The lowest BCUT2D eigenvalue weighted by atomic mass is 9.56. The fourth-order valence-electron chi connectivity index (χ4n) is 6.08. The van der Waals surface area contributed by atoms with Gasteiger partial charge in [-0.15, -0.1) is 0 Å². The molecule has 2 aliphatic carbocycles. The monoisotopic (exact) mass is 398 g/mol. The van der Waals surface area contributed by atoms with Crippen LogP contribution >= 0.6 is 0 Å². The predicted octanol–water partition coefficient (Wildman–Crippen LogP) is 5.03. The molecule has 3 atom stereocenters. The highest BCUT2D eigenvalue weighted by molar-refractivity contribution is 5.45. The minimum Gasteiger partial charge on any atom is -0.497 e. The largest absolute Gasteiger partial charge is 0.497 e. The minimum absolute atomic E-state index is 0.338. The van der Waals surface area contributed by atoms with Crippen LogP contribution in [0.1, 0.15) is 70.4 Å². The number of benzene rings is 1. The first-order chi connectivity index (χ1) is 14.0. The van der Waals surface area contributed by atoms with Crippen molar-refractivity contribution in [1.29, 1.82) is 0 Å². The van der Waals surface area contributed by atoms with Crippen LogP contribution in [0.4, 0.5) is 0 Å². The van der Waals surface area contributed by atoms with E-state index in [0.29, 0.717) is 5.41 Å². The Morgan fingerprint density at radius 3 is 2.79 bits per heavy atom. The Morgan fingerprint density at radius 2 is 2.07 bits per heavy atom. The molecule has 4 rings (SSSR count). The van der Waals surface area contributed by atoms with Crippen molar-refractivity contribution in [3.63, 3.8) is 0 Å². The minimum atomic E-state index is 0.338. The van der Waals surface area contributed by atoms with Gasteiger partial charge in [0.2, 0.25) is 0 Å². The maximum absolute atomic E-state index is 5.64. The summed E-state index contributed by atoms with van der Waals surface area (Å²) in [6.45, 7) is 12.1. The average Bonchev–Trinajstić information content (AvgIpc) is 3.52. The number of hydrogen-bond donors (Lipinski definition) is 1. The van der Waals surface area contributed by atoms with Gasteiger partial charge in [0, 0.05) is 18.0 Å². The fraction of sp³-hybridized carbons (Fsp3) is 0.769. The topological polar surface area (TPSA) is 24.5 Å². The summed E-state index contributed by atoms with van der Waals surface area (Å²) >= 11 is 0. The van der Waals surface area contributed by atoms with Gasteiger partial charge in [0.1, 0.15) is 5.75 Å². The summed E-state index contributed by atoms with van der Waals surface area (Å²) in [7, 11) is 1.81. The lowest BCUT2D eigenvalue weighted by Gasteiger charge is -2.56. The van der Waals surface area contributed by atoms with Crippen LogP contribution in [0.25, 0.3) is 0 Å². The molecule has 1 N–H and O–H groups in total. The number of ether oxygens (including phenoxy) is 1. The molecule has 3 nitrogen and oxygen atoms in total. The van der Waals surface area contributed by atoms with Gasteiger partial charge in [-0.1, -0.05) is 33.3 Å². The van der Waals surface area contributed by atoms with Gasteiger partial charge in [-0.2, -0.15) is 0 Å². The molecule has 1 heterocycles. The number of hydrogen-bond acceptors (Lipinski definition) is 3. The van der Waals surface area contributed by atoms with Gasteiger partial charge in [-0.25, -0.2) is 0 Å². The Hall–Kier alpha value is -1.06. The van der Waals surface area contributed by atoms with E-state index in [1.165, 1.54) is 58.0 Å². The van der Waals surface area contributed by atoms with Crippen molar-refractivity contribution in [2.45, 2.75) is 77.2 Å². The molecule has 1 aliphatic heterocycles. The molecule has 2 bridgehead atoms. The highest BCUT2D eigenvalue weighted by Crippen LogP contribution is 2.52. The number of likely N-dealkylation sites (tertiary alicyclic amines) is 1. The number of nitrogens with one attached hydrogen (secondary N) is 1. The number of piperidine rings is 1. The smallest absolute Gasteiger partial charge is 0.119 e. The molecule has 3 unspecified atom stereocenters. The second kappa shape index (κ2) is 8.98. The number of rotatable bonds is 10. The van der Waals surface area contributed by atoms with E-state index in [2.05, 4.69) is 49.2 Å². The van der Waals surface area contributed by atoms with Crippen molar-refractivity contribution < 1.29 is 4.74 Å². The highest BCUT2D eigenvalue weighted by atomic mass is 16.5.